The second-order valence-corrected chi connectivity index (χ2v) is 6.39. The van der Waals surface area contributed by atoms with Crippen LogP contribution in [0.15, 0.2) is 36.7 Å². The first-order valence-corrected chi connectivity index (χ1v) is 8.14. The first-order chi connectivity index (χ1) is 11.8. The predicted molar refractivity (Wildman–Crippen MR) is 94.5 cm³/mol. The number of benzene rings is 1. The van der Waals surface area contributed by atoms with Gasteiger partial charge in [-0.25, -0.2) is 9.78 Å². The minimum absolute atomic E-state index is 0.106. The molecule has 1 aromatic heterocycles. The Hall–Kier alpha value is -2.54. The lowest BCUT2D eigenvalue weighted by molar-refractivity contribution is -0.141. The van der Waals surface area contributed by atoms with Gasteiger partial charge in [0.05, 0.1) is 5.92 Å². The van der Waals surface area contributed by atoms with E-state index in [1.165, 1.54) is 4.90 Å². The van der Waals surface area contributed by atoms with Crippen molar-refractivity contribution in [2.75, 3.05) is 13.6 Å². The van der Waals surface area contributed by atoms with Crippen LogP contribution in [0.5, 0.6) is 0 Å². The van der Waals surface area contributed by atoms with Gasteiger partial charge in [0.25, 0.3) is 0 Å². The normalized spacial score (nSPS) is 13.1. The number of rotatable bonds is 6. The van der Waals surface area contributed by atoms with E-state index < -0.39 is 17.9 Å². The Morgan fingerprint density at radius 2 is 2.00 bits per heavy atom. The fourth-order valence-corrected chi connectivity index (χ4v) is 2.54. The number of hydrogen-bond donors (Lipinski definition) is 2. The Balaban J connectivity index is 2.22. The molecule has 2 unspecified atom stereocenters. The molecule has 7 nitrogen and oxygen atoms in total. The molecule has 0 saturated heterocycles. The summed E-state index contributed by atoms with van der Waals surface area (Å²) >= 11 is 5.94. The van der Waals surface area contributed by atoms with Gasteiger partial charge in [0.2, 0.25) is 0 Å². The third-order valence-corrected chi connectivity index (χ3v) is 4.16. The Bertz CT molecular complexity index is 745. The van der Waals surface area contributed by atoms with Crippen LogP contribution >= 0.6 is 11.6 Å². The maximum Gasteiger partial charge on any atom is 0.318 e. The number of carbonyl (C=O) groups excluding carboxylic acids is 1. The molecule has 2 rings (SSSR count). The minimum Gasteiger partial charge on any atom is -0.481 e. The summed E-state index contributed by atoms with van der Waals surface area (Å²) in [5.74, 6) is -0.939. The van der Waals surface area contributed by atoms with Gasteiger partial charge in [-0.15, -0.1) is 0 Å². The van der Waals surface area contributed by atoms with Crippen LogP contribution in [0.2, 0.25) is 5.02 Å². The van der Waals surface area contributed by atoms with Crippen LogP contribution in [0.3, 0.4) is 0 Å². The zero-order chi connectivity index (χ0) is 18.6. The second-order valence-electron chi connectivity index (χ2n) is 5.95. The molecule has 134 valence electrons. The van der Waals surface area contributed by atoms with Gasteiger partial charge in [0, 0.05) is 38.1 Å². The highest BCUT2D eigenvalue weighted by Gasteiger charge is 2.24. The first kappa shape index (κ1) is 18.8. The highest BCUT2D eigenvalue weighted by molar-refractivity contribution is 6.30. The molecule has 0 bridgehead atoms. The van der Waals surface area contributed by atoms with Crippen molar-refractivity contribution >= 4 is 23.6 Å². The van der Waals surface area contributed by atoms with Gasteiger partial charge in [0.15, 0.2) is 0 Å². The van der Waals surface area contributed by atoms with Crippen molar-refractivity contribution in [3.8, 4) is 0 Å². The van der Waals surface area contributed by atoms with Crippen molar-refractivity contribution in [1.82, 2.24) is 19.8 Å². The molecule has 2 N–H and O–H groups in total. The summed E-state index contributed by atoms with van der Waals surface area (Å²) in [6.07, 6.45) is 3.45. The average Bonchev–Trinajstić information content (AvgIpc) is 2.99. The number of aryl methyl sites for hydroxylation is 1. The van der Waals surface area contributed by atoms with Crippen LogP contribution in [0.25, 0.3) is 0 Å². The molecule has 1 heterocycles. The van der Waals surface area contributed by atoms with Crippen molar-refractivity contribution in [1.29, 1.82) is 0 Å². The zero-order valence-electron chi connectivity index (χ0n) is 14.3. The van der Waals surface area contributed by atoms with E-state index in [-0.39, 0.29) is 12.6 Å². The molecule has 0 spiro atoms. The number of urea groups is 1. The summed E-state index contributed by atoms with van der Waals surface area (Å²) < 4.78 is 1.82. The third kappa shape index (κ3) is 4.73. The van der Waals surface area contributed by atoms with E-state index in [0.717, 1.165) is 5.56 Å². The Labute approximate surface area is 151 Å². The molecule has 0 aliphatic heterocycles. The number of hydrogen-bond acceptors (Lipinski definition) is 3. The number of halogens is 1. The minimum atomic E-state index is -0.946. The SMILES string of the molecule is CC(CN(C)C(=O)NC(c1ccc(Cl)cc1)c1nccn1C)C(=O)O. The lowest BCUT2D eigenvalue weighted by Crippen LogP contribution is -2.43. The number of carboxylic acid groups (broad SMARTS) is 1. The number of imidazole rings is 1. The Morgan fingerprint density at radius 1 is 1.36 bits per heavy atom. The number of carboxylic acids is 1. The topological polar surface area (TPSA) is 87.5 Å². The van der Waals surface area contributed by atoms with E-state index in [1.807, 2.05) is 23.7 Å². The van der Waals surface area contributed by atoms with E-state index in [2.05, 4.69) is 10.3 Å². The quantitative estimate of drug-likeness (QED) is 0.824. The maximum atomic E-state index is 12.5. The van der Waals surface area contributed by atoms with Crippen molar-refractivity contribution in [3.63, 3.8) is 0 Å². The van der Waals surface area contributed by atoms with E-state index in [4.69, 9.17) is 16.7 Å². The predicted octanol–water partition coefficient (Wildman–Crippen LogP) is 2.53. The van der Waals surface area contributed by atoms with Gasteiger partial charge in [-0.2, -0.15) is 0 Å². The van der Waals surface area contributed by atoms with Gasteiger partial charge in [0.1, 0.15) is 11.9 Å². The molecular weight excluding hydrogens is 344 g/mol. The first-order valence-electron chi connectivity index (χ1n) is 7.76. The smallest absolute Gasteiger partial charge is 0.318 e. The molecule has 2 atom stereocenters. The number of amides is 2. The number of aromatic nitrogens is 2. The summed E-state index contributed by atoms with van der Waals surface area (Å²) in [5, 5.41) is 12.5. The summed E-state index contributed by atoms with van der Waals surface area (Å²) in [4.78, 5) is 29.2. The van der Waals surface area contributed by atoms with E-state index in [0.29, 0.717) is 10.8 Å². The van der Waals surface area contributed by atoms with E-state index in [1.54, 1.807) is 38.5 Å². The van der Waals surface area contributed by atoms with Crippen LogP contribution < -0.4 is 5.32 Å². The molecule has 0 fully saturated rings. The number of nitrogens with one attached hydrogen (secondary N) is 1. The lowest BCUT2D eigenvalue weighted by Gasteiger charge is -2.25. The van der Waals surface area contributed by atoms with E-state index in [9.17, 15) is 9.59 Å². The summed E-state index contributed by atoms with van der Waals surface area (Å²) in [5.41, 5.74) is 0.826. The Kier molecular flexibility index (Phi) is 6.03. The maximum absolute atomic E-state index is 12.5. The van der Waals surface area contributed by atoms with Crippen LogP contribution in [-0.2, 0) is 11.8 Å². The summed E-state index contributed by atoms with van der Waals surface area (Å²) in [7, 11) is 3.40. The third-order valence-electron chi connectivity index (χ3n) is 3.90. The van der Waals surface area contributed by atoms with Gasteiger partial charge in [-0.05, 0) is 17.7 Å². The monoisotopic (exact) mass is 364 g/mol. The summed E-state index contributed by atoms with van der Waals surface area (Å²) in [6.45, 7) is 1.66. The van der Waals surface area contributed by atoms with Crippen LogP contribution in [-0.4, -0.2) is 45.2 Å². The highest BCUT2D eigenvalue weighted by Crippen LogP contribution is 2.22. The average molecular weight is 365 g/mol. The molecule has 2 aromatic rings. The fourth-order valence-electron chi connectivity index (χ4n) is 2.41. The molecule has 0 aliphatic carbocycles. The van der Waals surface area contributed by atoms with Crippen LogP contribution in [0, 0.1) is 5.92 Å². The molecule has 0 radical (unpaired) electrons. The molecule has 1 aromatic carbocycles. The number of nitrogens with zero attached hydrogens (tertiary/aromatic N) is 3. The van der Waals surface area contributed by atoms with Gasteiger partial charge in [-0.3, -0.25) is 4.79 Å². The number of aliphatic carboxylic acids is 1. The second kappa shape index (κ2) is 8.02. The van der Waals surface area contributed by atoms with Crippen LogP contribution in [0.1, 0.15) is 24.4 Å². The molecule has 0 saturated carbocycles. The van der Waals surface area contributed by atoms with Gasteiger partial charge < -0.3 is 19.9 Å². The van der Waals surface area contributed by atoms with Crippen molar-refractivity contribution in [2.45, 2.75) is 13.0 Å². The van der Waals surface area contributed by atoms with Crippen molar-refractivity contribution < 1.29 is 14.7 Å². The Morgan fingerprint density at radius 3 is 2.52 bits per heavy atom. The van der Waals surface area contributed by atoms with Crippen molar-refractivity contribution in [3.05, 3.63) is 53.1 Å². The van der Waals surface area contributed by atoms with Crippen LogP contribution in [0.4, 0.5) is 4.79 Å². The fraction of sp³-hybridized carbons (Fsp3) is 0.353. The zero-order valence-corrected chi connectivity index (χ0v) is 15.1. The lowest BCUT2D eigenvalue weighted by atomic mass is 10.1. The molecule has 25 heavy (non-hydrogen) atoms. The molecule has 2 amide bonds. The standard InChI is InChI=1S/C17H21ClN4O3/c1-11(16(23)24)10-22(3)17(25)20-14(15-19-8-9-21(15)2)12-4-6-13(18)7-5-12/h4-9,11,14H,10H2,1-3H3,(H,20,25)(H,23,24). The molecular formula is C17H21ClN4O3. The van der Waals surface area contributed by atoms with Gasteiger partial charge >= 0.3 is 12.0 Å². The van der Waals surface area contributed by atoms with E-state index >= 15 is 0 Å². The largest absolute Gasteiger partial charge is 0.481 e. The summed E-state index contributed by atoms with van der Waals surface area (Å²) in [6, 6.07) is 6.28. The molecule has 8 heteroatoms. The van der Waals surface area contributed by atoms with Crippen molar-refractivity contribution in [2.24, 2.45) is 13.0 Å². The molecule has 0 aliphatic rings. The number of carbonyl (C=O) groups is 2. The van der Waals surface area contributed by atoms with Gasteiger partial charge in [-0.1, -0.05) is 30.7 Å². The highest BCUT2D eigenvalue weighted by atomic mass is 35.5.